The predicted octanol–water partition coefficient (Wildman–Crippen LogP) is 8.08. The normalized spacial score (nSPS) is 20.3. The molecule has 5 aromatic carbocycles. The van der Waals surface area contributed by atoms with Crippen molar-refractivity contribution < 1.29 is 24.4 Å². The second-order valence-electron chi connectivity index (χ2n) is 14.0. The third kappa shape index (κ3) is 5.00. The van der Waals surface area contributed by atoms with Crippen molar-refractivity contribution in [1.29, 1.82) is 0 Å². The van der Waals surface area contributed by atoms with Crippen LogP contribution in [0.1, 0.15) is 54.5 Å². The quantitative estimate of drug-likeness (QED) is 0.177. The fourth-order valence-corrected chi connectivity index (χ4v) is 8.43. The fourth-order valence-electron chi connectivity index (χ4n) is 8.43. The van der Waals surface area contributed by atoms with Gasteiger partial charge in [-0.25, -0.2) is 0 Å². The maximum atomic E-state index is 10.1. The van der Waals surface area contributed by atoms with E-state index in [1.165, 1.54) is 22.3 Å². The van der Waals surface area contributed by atoms with Gasteiger partial charge in [-0.2, -0.15) is 0 Å². The largest absolute Gasteiger partial charge is 0.495 e. The van der Waals surface area contributed by atoms with Gasteiger partial charge in [-0.05, 0) is 76.7 Å². The van der Waals surface area contributed by atoms with E-state index in [2.05, 4.69) is 104 Å². The van der Waals surface area contributed by atoms with Crippen LogP contribution in [0.4, 0.5) is 5.69 Å². The van der Waals surface area contributed by atoms with Crippen LogP contribution in [-0.2, 0) is 11.0 Å². The molecule has 8 rings (SSSR count). The number of aliphatic hydroxyl groups excluding tert-OH is 2. The molecule has 0 saturated carbocycles. The van der Waals surface area contributed by atoms with Crippen molar-refractivity contribution in [3.63, 3.8) is 0 Å². The monoisotopic (exact) mass is 653 g/mol. The lowest BCUT2D eigenvalue weighted by molar-refractivity contribution is 0.163. The van der Waals surface area contributed by atoms with Gasteiger partial charge in [0.15, 0.2) is 5.60 Å². The molecule has 49 heavy (non-hydrogen) atoms. The van der Waals surface area contributed by atoms with Gasteiger partial charge in [0.1, 0.15) is 23.9 Å². The average Bonchev–Trinajstić information content (AvgIpc) is 3.40. The molecule has 0 bridgehead atoms. The topological polar surface area (TPSA) is 71.4 Å². The first kappa shape index (κ1) is 31.5. The molecule has 2 atom stereocenters. The van der Waals surface area contributed by atoms with Gasteiger partial charge >= 0.3 is 0 Å². The third-order valence-electron chi connectivity index (χ3n) is 10.8. The zero-order chi connectivity index (χ0) is 33.8. The number of aliphatic hydroxyl groups is 2. The zero-order valence-electron chi connectivity index (χ0n) is 28.4. The van der Waals surface area contributed by atoms with Crippen molar-refractivity contribution in [3.05, 3.63) is 125 Å². The maximum absolute atomic E-state index is 10.1. The Morgan fingerprint density at radius 2 is 1.65 bits per heavy atom. The van der Waals surface area contributed by atoms with Gasteiger partial charge < -0.3 is 29.3 Å². The molecule has 1 fully saturated rings. The second kappa shape index (κ2) is 12.3. The van der Waals surface area contributed by atoms with Crippen LogP contribution in [0, 0.1) is 5.92 Å². The van der Waals surface area contributed by atoms with Crippen molar-refractivity contribution in [2.45, 2.75) is 37.7 Å². The third-order valence-corrected chi connectivity index (χ3v) is 10.8. The Kier molecular flexibility index (Phi) is 7.89. The minimum atomic E-state index is -0.909. The number of rotatable bonds is 8. The van der Waals surface area contributed by atoms with Crippen molar-refractivity contribution in [2.24, 2.45) is 5.92 Å². The molecule has 5 aromatic rings. The first-order valence-corrected chi connectivity index (χ1v) is 17.4. The van der Waals surface area contributed by atoms with E-state index < -0.39 is 5.60 Å². The number of methoxy groups -OCH3 is 1. The molecule has 6 heteroatoms. The van der Waals surface area contributed by atoms with Gasteiger partial charge in [0, 0.05) is 47.2 Å². The van der Waals surface area contributed by atoms with Crippen LogP contribution in [0.3, 0.4) is 0 Å². The lowest BCUT2D eigenvalue weighted by Gasteiger charge is -2.39. The minimum Gasteiger partial charge on any atom is -0.495 e. The first-order chi connectivity index (χ1) is 23.9. The standard InChI is InChI=1S/C43H43NO5/c1-42(2)36-14-8-7-13-32(36)39-34-24-37(44-21-9-10-28(26-44)27-46)38(47-3)25-35(34)41-33(40(39)42)19-20-43(49-41,29-11-5-4-6-12-29)30-15-17-31(18-16-30)48-23-22-45/h4-8,11-20,24-25,28,45-46H,9-10,21-23,26-27H2,1-3H3. The summed E-state index contributed by atoms with van der Waals surface area (Å²) >= 11 is 0. The summed E-state index contributed by atoms with van der Waals surface area (Å²) in [5.74, 6) is 2.57. The summed E-state index contributed by atoms with van der Waals surface area (Å²) in [4.78, 5) is 2.38. The van der Waals surface area contributed by atoms with Crippen LogP contribution in [0.15, 0.2) is 97.1 Å². The summed E-state index contributed by atoms with van der Waals surface area (Å²) in [6, 6.07) is 31.6. The zero-order valence-corrected chi connectivity index (χ0v) is 28.4. The predicted molar refractivity (Wildman–Crippen MR) is 196 cm³/mol. The number of anilines is 1. The molecule has 250 valence electrons. The highest BCUT2D eigenvalue weighted by Crippen LogP contribution is 2.59. The molecule has 2 unspecified atom stereocenters. The smallest absolute Gasteiger partial charge is 0.178 e. The molecule has 0 aromatic heterocycles. The lowest BCUT2D eigenvalue weighted by Crippen LogP contribution is -2.37. The Morgan fingerprint density at radius 1 is 0.898 bits per heavy atom. The summed E-state index contributed by atoms with van der Waals surface area (Å²) in [6.45, 7) is 6.74. The van der Waals surface area contributed by atoms with Crippen molar-refractivity contribution in [1.82, 2.24) is 0 Å². The molecule has 1 saturated heterocycles. The molecule has 1 aliphatic carbocycles. The van der Waals surface area contributed by atoms with Crippen LogP contribution >= 0.6 is 0 Å². The number of benzene rings is 5. The van der Waals surface area contributed by atoms with Gasteiger partial charge in [0.25, 0.3) is 0 Å². The summed E-state index contributed by atoms with van der Waals surface area (Å²) in [7, 11) is 1.74. The average molecular weight is 654 g/mol. The number of hydrogen-bond acceptors (Lipinski definition) is 6. The Hall–Kier alpha value is -4.78. The molecule has 2 heterocycles. The first-order valence-electron chi connectivity index (χ1n) is 17.4. The van der Waals surface area contributed by atoms with Gasteiger partial charge in [-0.15, -0.1) is 0 Å². The molecule has 3 aliphatic rings. The molecule has 2 aliphatic heterocycles. The van der Waals surface area contributed by atoms with Crippen LogP contribution < -0.4 is 19.1 Å². The second-order valence-corrected chi connectivity index (χ2v) is 14.0. The number of hydrogen-bond donors (Lipinski definition) is 2. The molecule has 0 spiro atoms. The summed E-state index contributed by atoms with van der Waals surface area (Å²) < 4.78 is 19.4. The molecule has 0 amide bonds. The maximum Gasteiger partial charge on any atom is 0.178 e. The number of nitrogens with zero attached hydrogens (tertiary/aromatic N) is 1. The molecular weight excluding hydrogens is 610 g/mol. The van der Waals surface area contributed by atoms with E-state index in [0.717, 1.165) is 70.6 Å². The Morgan fingerprint density at radius 3 is 2.41 bits per heavy atom. The van der Waals surface area contributed by atoms with E-state index in [1.807, 2.05) is 18.2 Å². The van der Waals surface area contributed by atoms with Gasteiger partial charge in [-0.3, -0.25) is 0 Å². The van der Waals surface area contributed by atoms with Gasteiger partial charge in [0.2, 0.25) is 0 Å². The fraction of sp³-hybridized carbons (Fsp3) is 0.302. The number of ether oxygens (including phenoxy) is 3. The molecule has 0 radical (unpaired) electrons. The van der Waals surface area contributed by atoms with Crippen molar-refractivity contribution in [3.8, 4) is 28.4 Å². The highest BCUT2D eigenvalue weighted by molar-refractivity contribution is 6.10. The van der Waals surface area contributed by atoms with Crippen LogP contribution in [0.2, 0.25) is 0 Å². The Labute approximate surface area is 288 Å². The highest BCUT2D eigenvalue weighted by atomic mass is 16.5. The van der Waals surface area contributed by atoms with Crippen molar-refractivity contribution in [2.75, 3.05) is 44.9 Å². The van der Waals surface area contributed by atoms with E-state index >= 15 is 0 Å². The van der Waals surface area contributed by atoms with Crippen molar-refractivity contribution >= 4 is 22.5 Å². The minimum absolute atomic E-state index is 0.0408. The van der Waals surface area contributed by atoms with Crippen LogP contribution in [0.25, 0.3) is 28.0 Å². The number of fused-ring (bicyclic) bond motifs is 8. The van der Waals surface area contributed by atoms with Crippen LogP contribution in [-0.4, -0.2) is 50.2 Å². The number of piperidine rings is 1. The lowest BCUT2D eigenvalue weighted by atomic mass is 9.76. The molecule has 6 nitrogen and oxygen atoms in total. The molecule has 2 N–H and O–H groups in total. The van der Waals surface area contributed by atoms with Gasteiger partial charge in [0.05, 0.1) is 19.4 Å². The summed E-state index contributed by atoms with van der Waals surface area (Å²) in [5, 5.41) is 21.5. The Bertz CT molecular complexity index is 2050. The SMILES string of the molecule is COc1cc2c3c(c4c(c2cc1N1CCCC(CO)C1)-c1ccccc1C4(C)C)C=CC(c1ccccc1)(c1ccc(OCCO)cc1)O3. The van der Waals surface area contributed by atoms with E-state index in [4.69, 9.17) is 14.2 Å². The van der Waals surface area contributed by atoms with Crippen LogP contribution in [0.5, 0.6) is 17.2 Å². The van der Waals surface area contributed by atoms with E-state index in [0.29, 0.717) is 5.75 Å². The van der Waals surface area contributed by atoms with E-state index in [1.54, 1.807) is 7.11 Å². The summed E-state index contributed by atoms with van der Waals surface area (Å²) in [6.07, 6.45) is 6.53. The molecular formula is C43H43NO5. The Balaban J connectivity index is 1.40. The van der Waals surface area contributed by atoms with Gasteiger partial charge in [-0.1, -0.05) is 86.7 Å². The summed E-state index contributed by atoms with van der Waals surface area (Å²) in [5.41, 5.74) is 8.04. The van der Waals surface area contributed by atoms with E-state index in [-0.39, 0.29) is 31.2 Å². The highest BCUT2D eigenvalue weighted by Gasteiger charge is 2.44. The van der Waals surface area contributed by atoms with E-state index in [9.17, 15) is 10.2 Å².